The van der Waals surface area contributed by atoms with Crippen LogP contribution < -0.4 is 5.32 Å². The summed E-state index contributed by atoms with van der Waals surface area (Å²) in [5.41, 5.74) is 0. The van der Waals surface area contributed by atoms with Gasteiger partial charge in [-0.3, -0.25) is 9.59 Å². The first-order valence-corrected chi connectivity index (χ1v) is 21.9. The number of rotatable bonds is 38. The minimum absolute atomic E-state index is 0.0644. The molecule has 0 aliphatic rings. The number of hydrogen-bond donors (Lipinski definition) is 3. The van der Waals surface area contributed by atoms with E-state index in [1.165, 1.54) is 70.6 Å². The maximum Gasteiger partial charge on any atom is 0.306 e. The molecule has 0 saturated heterocycles. The Hall–Kier alpha value is -2.18. The maximum absolute atomic E-state index is 13.0. The van der Waals surface area contributed by atoms with E-state index in [0.717, 1.165) is 89.9 Å². The molecule has 0 aromatic rings. The number of amides is 1. The molecule has 0 rings (SSSR count). The highest BCUT2D eigenvalue weighted by Gasteiger charge is 2.24. The number of esters is 1. The van der Waals surface area contributed by atoms with Crippen LogP contribution in [0.5, 0.6) is 0 Å². The molecule has 3 atom stereocenters. The fourth-order valence-electron chi connectivity index (χ4n) is 6.36. The second kappa shape index (κ2) is 40.0. The Morgan fingerprint density at radius 1 is 0.577 bits per heavy atom. The van der Waals surface area contributed by atoms with Crippen molar-refractivity contribution in [2.75, 3.05) is 6.61 Å². The Morgan fingerprint density at radius 3 is 1.56 bits per heavy atom. The zero-order valence-corrected chi connectivity index (χ0v) is 34.2. The minimum Gasteiger partial charge on any atom is -0.462 e. The highest BCUT2D eigenvalue weighted by molar-refractivity contribution is 5.77. The molecule has 0 aliphatic heterocycles. The van der Waals surface area contributed by atoms with Crippen molar-refractivity contribution in [1.82, 2.24) is 5.32 Å². The van der Waals surface area contributed by atoms with Gasteiger partial charge in [0, 0.05) is 6.42 Å². The second-order valence-electron chi connectivity index (χ2n) is 14.7. The first-order chi connectivity index (χ1) is 25.5. The lowest BCUT2D eigenvalue weighted by Crippen LogP contribution is -2.46. The molecule has 0 heterocycles. The fraction of sp³-hybridized carbons (Fsp3) is 0.783. The number of carbonyl (C=O) groups is 2. The van der Waals surface area contributed by atoms with Gasteiger partial charge < -0.3 is 20.3 Å². The average molecular weight is 730 g/mol. The molecule has 0 saturated carbocycles. The van der Waals surface area contributed by atoms with Crippen molar-refractivity contribution in [2.45, 2.75) is 225 Å². The predicted molar refractivity (Wildman–Crippen MR) is 222 cm³/mol. The summed E-state index contributed by atoms with van der Waals surface area (Å²) in [5.74, 6) is -0.517. The van der Waals surface area contributed by atoms with Crippen LogP contribution >= 0.6 is 0 Å². The van der Waals surface area contributed by atoms with Crippen LogP contribution in [0.15, 0.2) is 48.6 Å². The monoisotopic (exact) mass is 730 g/mol. The highest BCUT2D eigenvalue weighted by atomic mass is 16.5. The van der Waals surface area contributed by atoms with E-state index in [1.807, 2.05) is 0 Å². The standard InChI is InChI=1S/C46H83NO5/c1-4-7-10-13-16-18-20-21-22-23-24-25-27-30-33-36-39-46(51)52-42(37-34-31-28-15-12-9-6-3)40-45(50)47-43(41-48)44(49)38-35-32-29-26-19-17-14-11-8-5-2/h7,10,16,18,21-22,24-25,42-44,48-49H,4-6,8-9,11-15,17,19-20,23,26-41H2,1-3H3,(H,47,50)/b10-7+,18-16+,22-21+,25-24+. The van der Waals surface area contributed by atoms with Gasteiger partial charge in [0.05, 0.1) is 25.2 Å². The molecule has 0 spiro atoms. The van der Waals surface area contributed by atoms with Crippen LogP contribution in [0.25, 0.3) is 0 Å². The molecule has 6 nitrogen and oxygen atoms in total. The van der Waals surface area contributed by atoms with E-state index in [2.05, 4.69) is 74.7 Å². The quantitative estimate of drug-likeness (QED) is 0.0334. The van der Waals surface area contributed by atoms with Crippen molar-refractivity contribution in [2.24, 2.45) is 0 Å². The van der Waals surface area contributed by atoms with Crippen LogP contribution in [0.3, 0.4) is 0 Å². The number of carbonyl (C=O) groups excluding carboxylic acids is 2. The molecule has 302 valence electrons. The molecule has 0 aromatic heterocycles. The van der Waals surface area contributed by atoms with Gasteiger partial charge in [-0.05, 0) is 64.2 Å². The van der Waals surface area contributed by atoms with Gasteiger partial charge in [0.25, 0.3) is 0 Å². The number of aliphatic hydroxyl groups is 2. The molecular weight excluding hydrogens is 647 g/mol. The van der Waals surface area contributed by atoms with E-state index in [0.29, 0.717) is 19.3 Å². The predicted octanol–water partition coefficient (Wildman–Crippen LogP) is 12.3. The lowest BCUT2D eigenvalue weighted by Gasteiger charge is -2.24. The minimum atomic E-state index is -0.788. The molecule has 0 bridgehead atoms. The van der Waals surface area contributed by atoms with Crippen molar-refractivity contribution in [3.8, 4) is 0 Å². The van der Waals surface area contributed by atoms with E-state index in [9.17, 15) is 19.8 Å². The van der Waals surface area contributed by atoms with Crippen molar-refractivity contribution < 1.29 is 24.5 Å². The largest absolute Gasteiger partial charge is 0.462 e. The molecule has 0 fully saturated rings. The van der Waals surface area contributed by atoms with E-state index < -0.39 is 18.2 Å². The summed E-state index contributed by atoms with van der Waals surface area (Å²) in [6.45, 7) is 6.30. The van der Waals surface area contributed by atoms with Gasteiger partial charge in [-0.1, -0.05) is 179 Å². The van der Waals surface area contributed by atoms with E-state index in [-0.39, 0.29) is 24.9 Å². The number of unbranched alkanes of at least 4 members (excludes halogenated alkanes) is 18. The lowest BCUT2D eigenvalue weighted by molar-refractivity contribution is -0.151. The summed E-state index contributed by atoms with van der Waals surface area (Å²) in [6.07, 6.45) is 46.1. The highest BCUT2D eigenvalue weighted by Crippen LogP contribution is 2.17. The SMILES string of the molecule is CC/C=C/C/C=C/C/C=C/C/C=C/CCCCCC(=O)OC(CCCCCCCCC)CC(=O)NC(CO)C(O)CCCCCCCCCCCC. The Balaban J connectivity index is 4.51. The normalized spacial score (nSPS) is 13.9. The van der Waals surface area contributed by atoms with E-state index in [1.54, 1.807) is 0 Å². The van der Waals surface area contributed by atoms with E-state index in [4.69, 9.17) is 4.74 Å². The van der Waals surface area contributed by atoms with Crippen molar-refractivity contribution in [1.29, 1.82) is 0 Å². The third-order valence-electron chi connectivity index (χ3n) is 9.67. The molecule has 0 aliphatic carbocycles. The van der Waals surface area contributed by atoms with Gasteiger partial charge in [-0.15, -0.1) is 0 Å². The maximum atomic E-state index is 13.0. The van der Waals surface area contributed by atoms with Crippen LogP contribution in [0.4, 0.5) is 0 Å². The van der Waals surface area contributed by atoms with Crippen molar-refractivity contribution in [3.63, 3.8) is 0 Å². The first kappa shape index (κ1) is 49.8. The van der Waals surface area contributed by atoms with Crippen LogP contribution in [-0.2, 0) is 14.3 Å². The first-order valence-electron chi connectivity index (χ1n) is 21.9. The Labute approximate surface area is 321 Å². The fourth-order valence-corrected chi connectivity index (χ4v) is 6.36. The lowest BCUT2D eigenvalue weighted by atomic mass is 10.0. The van der Waals surface area contributed by atoms with Crippen molar-refractivity contribution in [3.05, 3.63) is 48.6 Å². The summed E-state index contributed by atoms with van der Waals surface area (Å²) in [5, 5.41) is 23.5. The molecule has 3 unspecified atom stereocenters. The van der Waals surface area contributed by atoms with Gasteiger partial charge in [0.15, 0.2) is 0 Å². The zero-order valence-electron chi connectivity index (χ0n) is 34.2. The van der Waals surface area contributed by atoms with Gasteiger partial charge in [-0.2, -0.15) is 0 Å². The molecule has 52 heavy (non-hydrogen) atoms. The topological polar surface area (TPSA) is 95.9 Å². The number of aliphatic hydroxyl groups excluding tert-OH is 2. The zero-order chi connectivity index (χ0) is 38.2. The summed E-state index contributed by atoms with van der Waals surface area (Å²) in [6, 6.07) is -0.703. The third-order valence-corrected chi connectivity index (χ3v) is 9.67. The van der Waals surface area contributed by atoms with Gasteiger partial charge in [0.1, 0.15) is 6.10 Å². The number of hydrogen-bond acceptors (Lipinski definition) is 5. The number of allylic oxidation sites excluding steroid dienone is 8. The summed E-state index contributed by atoms with van der Waals surface area (Å²) >= 11 is 0. The average Bonchev–Trinajstić information content (AvgIpc) is 3.13. The van der Waals surface area contributed by atoms with Crippen molar-refractivity contribution >= 4 is 11.9 Å². The molecular formula is C46H83NO5. The molecule has 0 aromatic carbocycles. The Morgan fingerprint density at radius 2 is 1.04 bits per heavy atom. The third kappa shape index (κ3) is 34.9. The smallest absolute Gasteiger partial charge is 0.306 e. The van der Waals surface area contributed by atoms with Gasteiger partial charge in [0.2, 0.25) is 5.91 Å². The van der Waals surface area contributed by atoms with Gasteiger partial charge >= 0.3 is 5.97 Å². The van der Waals surface area contributed by atoms with E-state index >= 15 is 0 Å². The summed E-state index contributed by atoms with van der Waals surface area (Å²) in [7, 11) is 0. The van der Waals surface area contributed by atoms with Gasteiger partial charge in [-0.25, -0.2) is 0 Å². The second-order valence-corrected chi connectivity index (χ2v) is 14.7. The number of nitrogens with one attached hydrogen (secondary N) is 1. The number of ether oxygens (including phenoxy) is 1. The Kier molecular flexibility index (Phi) is 38.3. The molecule has 3 N–H and O–H groups in total. The van der Waals surface area contributed by atoms with Crippen LogP contribution in [0, 0.1) is 0 Å². The summed E-state index contributed by atoms with van der Waals surface area (Å²) in [4.78, 5) is 25.8. The van der Waals surface area contributed by atoms with Crippen LogP contribution in [-0.4, -0.2) is 46.9 Å². The molecule has 6 heteroatoms. The molecule has 1 amide bonds. The Bertz CT molecular complexity index is 910. The van der Waals surface area contributed by atoms with Crippen LogP contribution in [0.1, 0.15) is 207 Å². The summed E-state index contributed by atoms with van der Waals surface area (Å²) < 4.78 is 5.85. The molecule has 0 radical (unpaired) electrons. The van der Waals surface area contributed by atoms with Crippen LogP contribution in [0.2, 0.25) is 0 Å².